The third-order valence-corrected chi connectivity index (χ3v) is 5.45. The van der Waals surface area contributed by atoms with E-state index in [1.54, 1.807) is 25.3 Å². The predicted octanol–water partition coefficient (Wildman–Crippen LogP) is 1.63. The Morgan fingerprint density at radius 3 is 2.37 bits per heavy atom. The molecule has 0 bridgehead atoms. The molecule has 0 aromatic heterocycles. The second-order valence-electron chi connectivity index (χ2n) is 7.76. The number of ether oxygens (including phenoxy) is 6. The van der Waals surface area contributed by atoms with Crippen LogP contribution in [0, 0.1) is 5.92 Å². The lowest BCUT2D eigenvalue weighted by Crippen LogP contribution is -2.40. The number of hydrogen-bond acceptors (Lipinski definition) is 9. The molecule has 0 saturated heterocycles. The summed E-state index contributed by atoms with van der Waals surface area (Å²) in [5.74, 6) is -0.954. The number of carbonyl (C=O) groups excluding carboxylic acids is 2. The van der Waals surface area contributed by atoms with E-state index in [0.29, 0.717) is 51.6 Å². The Labute approximate surface area is 206 Å². The standard InChI is InChI=1S/C25H37NO9/c1-4-34-25-20(9-12-32-15-16-33-14-11-27)21(17-22(35-25)23(28)26-10-13-30-2)18-5-7-19(8-6-18)24(29)31-3/h5-8,17,20-21,25,27H,4,9-16H2,1-3H3,(H,26,28)/t20-,21-,25-/m1/s1. The molecule has 3 atom stereocenters. The van der Waals surface area contributed by atoms with Gasteiger partial charge >= 0.3 is 5.97 Å². The summed E-state index contributed by atoms with van der Waals surface area (Å²) < 4.78 is 32.6. The lowest BCUT2D eigenvalue weighted by atomic mass is 9.81. The summed E-state index contributed by atoms with van der Waals surface area (Å²) >= 11 is 0. The first kappa shape index (κ1) is 28.7. The summed E-state index contributed by atoms with van der Waals surface area (Å²) in [7, 11) is 2.90. The van der Waals surface area contributed by atoms with E-state index >= 15 is 0 Å². The topological polar surface area (TPSA) is 122 Å². The number of benzene rings is 1. The van der Waals surface area contributed by atoms with Crippen LogP contribution in [0.5, 0.6) is 0 Å². The highest BCUT2D eigenvalue weighted by molar-refractivity contribution is 5.92. The number of carbonyl (C=O) groups is 2. The maximum Gasteiger partial charge on any atom is 0.337 e. The van der Waals surface area contributed by atoms with Crippen LogP contribution in [0.4, 0.5) is 0 Å². The molecule has 0 aliphatic carbocycles. The van der Waals surface area contributed by atoms with Crippen LogP contribution in [0.15, 0.2) is 36.1 Å². The van der Waals surface area contributed by atoms with E-state index in [1.165, 1.54) is 7.11 Å². The number of aliphatic hydroxyl groups excluding tert-OH is 1. The van der Waals surface area contributed by atoms with E-state index in [-0.39, 0.29) is 36.7 Å². The van der Waals surface area contributed by atoms with Gasteiger partial charge in [-0.3, -0.25) is 4.79 Å². The van der Waals surface area contributed by atoms with E-state index in [1.807, 2.05) is 19.1 Å². The maximum atomic E-state index is 12.7. The van der Waals surface area contributed by atoms with Crippen molar-refractivity contribution in [2.75, 3.05) is 67.0 Å². The molecule has 35 heavy (non-hydrogen) atoms. The molecule has 0 spiro atoms. The van der Waals surface area contributed by atoms with Gasteiger partial charge in [-0.1, -0.05) is 12.1 Å². The number of methoxy groups -OCH3 is 2. The first-order valence-corrected chi connectivity index (χ1v) is 11.8. The zero-order valence-corrected chi connectivity index (χ0v) is 20.7. The Balaban J connectivity index is 2.23. The molecule has 0 saturated carbocycles. The van der Waals surface area contributed by atoms with E-state index < -0.39 is 12.3 Å². The second kappa shape index (κ2) is 16.2. The summed E-state index contributed by atoms with van der Waals surface area (Å²) in [5.41, 5.74) is 1.35. The molecule has 10 heteroatoms. The number of allylic oxidation sites excluding steroid dienone is 1. The average molecular weight is 496 g/mol. The molecular weight excluding hydrogens is 458 g/mol. The molecule has 0 unspecified atom stereocenters. The fraction of sp³-hybridized carbons (Fsp3) is 0.600. The summed E-state index contributed by atoms with van der Waals surface area (Å²) in [6.07, 6.45) is 1.73. The first-order chi connectivity index (χ1) is 17.0. The molecule has 0 radical (unpaired) electrons. The Morgan fingerprint density at radius 1 is 1.03 bits per heavy atom. The van der Waals surface area contributed by atoms with Crippen LogP contribution in [0.3, 0.4) is 0 Å². The molecule has 2 N–H and O–H groups in total. The minimum absolute atomic E-state index is 0.0282. The van der Waals surface area contributed by atoms with Gasteiger partial charge in [0, 0.05) is 38.7 Å². The normalized spacial score (nSPS) is 19.5. The fourth-order valence-electron chi connectivity index (χ4n) is 3.74. The molecule has 1 aromatic carbocycles. The molecule has 1 aliphatic heterocycles. The van der Waals surface area contributed by atoms with Gasteiger partial charge in [-0.05, 0) is 37.1 Å². The zero-order chi connectivity index (χ0) is 25.5. The van der Waals surface area contributed by atoms with E-state index in [0.717, 1.165) is 5.56 Å². The number of rotatable bonds is 16. The van der Waals surface area contributed by atoms with Crippen molar-refractivity contribution in [3.05, 3.63) is 47.2 Å². The summed E-state index contributed by atoms with van der Waals surface area (Å²) in [4.78, 5) is 24.6. The Kier molecular flexibility index (Phi) is 13.3. The van der Waals surface area contributed by atoms with Crippen LogP contribution in [0.25, 0.3) is 0 Å². The summed E-state index contributed by atoms with van der Waals surface area (Å²) in [6, 6.07) is 7.09. The molecule has 1 amide bonds. The number of hydrogen-bond donors (Lipinski definition) is 2. The van der Waals surface area contributed by atoms with Gasteiger partial charge in [0.1, 0.15) is 0 Å². The summed E-state index contributed by atoms with van der Waals surface area (Å²) in [5, 5.41) is 11.6. The van der Waals surface area contributed by atoms with Crippen molar-refractivity contribution in [1.29, 1.82) is 0 Å². The Bertz CT molecular complexity index is 797. The zero-order valence-electron chi connectivity index (χ0n) is 20.7. The average Bonchev–Trinajstić information content (AvgIpc) is 2.88. The van der Waals surface area contributed by atoms with Gasteiger partial charge in [0.25, 0.3) is 5.91 Å². The Morgan fingerprint density at radius 2 is 1.74 bits per heavy atom. The van der Waals surface area contributed by atoms with Gasteiger partial charge in [-0.2, -0.15) is 0 Å². The van der Waals surface area contributed by atoms with E-state index in [4.69, 9.17) is 33.5 Å². The van der Waals surface area contributed by atoms with Crippen molar-refractivity contribution in [3.63, 3.8) is 0 Å². The van der Waals surface area contributed by atoms with Crippen molar-refractivity contribution in [1.82, 2.24) is 5.32 Å². The van der Waals surface area contributed by atoms with Gasteiger partial charge in [0.05, 0.1) is 45.7 Å². The van der Waals surface area contributed by atoms with Gasteiger partial charge in [0.2, 0.25) is 6.29 Å². The van der Waals surface area contributed by atoms with Gasteiger partial charge in [-0.25, -0.2) is 4.79 Å². The first-order valence-electron chi connectivity index (χ1n) is 11.8. The van der Waals surface area contributed by atoms with E-state index in [2.05, 4.69) is 5.32 Å². The lowest BCUT2D eigenvalue weighted by Gasteiger charge is -2.37. The van der Waals surface area contributed by atoms with Crippen LogP contribution in [0.1, 0.15) is 35.2 Å². The number of amides is 1. The predicted molar refractivity (Wildman–Crippen MR) is 127 cm³/mol. The molecule has 1 aromatic rings. The highest BCUT2D eigenvalue weighted by Crippen LogP contribution is 2.39. The molecule has 1 heterocycles. The van der Waals surface area contributed by atoms with Crippen LogP contribution < -0.4 is 5.32 Å². The summed E-state index contributed by atoms with van der Waals surface area (Å²) in [6.45, 7) is 4.47. The number of nitrogens with one attached hydrogen (secondary N) is 1. The van der Waals surface area contributed by atoms with Crippen molar-refractivity contribution in [2.24, 2.45) is 5.92 Å². The van der Waals surface area contributed by atoms with Gasteiger partial charge in [-0.15, -0.1) is 0 Å². The second-order valence-corrected chi connectivity index (χ2v) is 7.76. The molecule has 196 valence electrons. The SMILES string of the molecule is CCO[C@@H]1OC(C(=O)NCCOC)=C[C@H](c2ccc(C(=O)OC)cc2)[C@H]1CCOCCOCCO. The molecule has 0 fully saturated rings. The highest BCUT2D eigenvalue weighted by Gasteiger charge is 2.38. The number of esters is 1. The van der Waals surface area contributed by atoms with Crippen LogP contribution in [-0.2, 0) is 33.2 Å². The minimum Gasteiger partial charge on any atom is -0.465 e. The molecular formula is C25H37NO9. The quantitative estimate of drug-likeness (QED) is 0.260. The van der Waals surface area contributed by atoms with Crippen LogP contribution >= 0.6 is 0 Å². The van der Waals surface area contributed by atoms with Crippen molar-refractivity contribution < 1.29 is 43.1 Å². The molecule has 10 nitrogen and oxygen atoms in total. The highest BCUT2D eigenvalue weighted by atomic mass is 16.7. The third kappa shape index (κ3) is 9.23. The van der Waals surface area contributed by atoms with Gasteiger partial charge in [0.15, 0.2) is 5.76 Å². The largest absolute Gasteiger partial charge is 0.465 e. The van der Waals surface area contributed by atoms with Crippen LogP contribution in [0.2, 0.25) is 0 Å². The van der Waals surface area contributed by atoms with Crippen LogP contribution in [-0.4, -0.2) is 90.3 Å². The molecule has 2 rings (SSSR count). The minimum atomic E-state index is -0.660. The van der Waals surface area contributed by atoms with E-state index in [9.17, 15) is 9.59 Å². The third-order valence-electron chi connectivity index (χ3n) is 5.45. The van der Waals surface area contributed by atoms with Crippen molar-refractivity contribution in [2.45, 2.75) is 25.6 Å². The Hall–Kier alpha value is -2.50. The lowest BCUT2D eigenvalue weighted by molar-refractivity contribution is -0.168. The van der Waals surface area contributed by atoms with Crippen molar-refractivity contribution >= 4 is 11.9 Å². The van der Waals surface area contributed by atoms with Crippen molar-refractivity contribution in [3.8, 4) is 0 Å². The molecule has 1 aliphatic rings. The number of aliphatic hydroxyl groups is 1. The maximum absolute atomic E-state index is 12.7. The van der Waals surface area contributed by atoms with Gasteiger partial charge < -0.3 is 38.8 Å². The monoisotopic (exact) mass is 495 g/mol. The smallest absolute Gasteiger partial charge is 0.337 e. The fourth-order valence-corrected chi connectivity index (χ4v) is 3.74.